The summed E-state index contributed by atoms with van der Waals surface area (Å²) in [4.78, 5) is 23.0. The zero-order valence-corrected chi connectivity index (χ0v) is 7.37. The van der Waals surface area contributed by atoms with Gasteiger partial charge in [0.15, 0.2) is 0 Å². The molecule has 1 atom stereocenters. The summed E-state index contributed by atoms with van der Waals surface area (Å²) in [6.07, 6.45) is 0.756. The van der Waals surface area contributed by atoms with Crippen LogP contribution in [0.1, 0.15) is 19.8 Å². The second-order valence-corrected chi connectivity index (χ2v) is 3.13. The lowest BCUT2D eigenvalue weighted by molar-refractivity contribution is -0.117. The lowest BCUT2D eigenvalue weighted by atomic mass is 10.1. The van der Waals surface area contributed by atoms with Crippen molar-refractivity contribution in [3.8, 4) is 0 Å². The van der Waals surface area contributed by atoms with E-state index in [1.165, 1.54) is 4.90 Å². The number of cyclic esters (lactones) is 1. The number of carbonyl (C=O) groups is 2. The minimum absolute atomic E-state index is 0.0913. The Labute approximate surface area is 71.5 Å². The molecule has 0 aromatic heterocycles. The molecule has 0 saturated carbocycles. The van der Waals surface area contributed by atoms with Crippen LogP contribution in [0.15, 0.2) is 0 Å². The summed E-state index contributed by atoms with van der Waals surface area (Å²) < 4.78 is 4.96. The SMILES string of the molecule is CC(=O)CC[C@H]1CN(C)C(=O)O1. The monoisotopic (exact) mass is 171 g/mol. The van der Waals surface area contributed by atoms with Gasteiger partial charge in [0.05, 0.1) is 6.54 Å². The van der Waals surface area contributed by atoms with Crippen LogP contribution in [0.25, 0.3) is 0 Å². The molecule has 68 valence electrons. The van der Waals surface area contributed by atoms with Crippen molar-refractivity contribution in [1.82, 2.24) is 4.90 Å². The zero-order chi connectivity index (χ0) is 9.14. The molecule has 1 aliphatic rings. The average Bonchev–Trinajstić information content (AvgIpc) is 2.28. The first-order chi connectivity index (χ1) is 5.59. The predicted octanol–water partition coefficient (Wildman–Crippen LogP) is 0.806. The van der Waals surface area contributed by atoms with Gasteiger partial charge in [0.2, 0.25) is 0 Å². The van der Waals surface area contributed by atoms with Crippen molar-refractivity contribution in [1.29, 1.82) is 0 Å². The van der Waals surface area contributed by atoms with E-state index in [1.54, 1.807) is 14.0 Å². The maximum absolute atomic E-state index is 10.8. The second-order valence-electron chi connectivity index (χ2n) is 3.13. The van der Waals surface area contributed by atoms with Crippen LogP contribution in [0.5, 0.6) is 0 Å². The van der Waals surface area contributed by atoms with Gasteiger partial charge < -0.3 is 14.4 Å². The highest BCUT2D eigenvalue weighted by Gasteiger charge is 2.27. The second kappa shape index (κ2) is 3.56. The van der Waals surface area contributed by atoms with Crippen LogP contribution in [-0.4, -0.2) is 36.5 Å². The summed E-state index contributed by atoms with van der Waals surface area (Å²) in [5.74, 6) is 0.139. The molecule has 0 radical (unpaired) electrons. The fourth-order valence-corrected chi connectivity index (χ4v) is 1.16. The van der Waals surface area contributed by atoms with Crippen molar-refractivity contribution < 1.29 is 14.3 Å². The summed E-state index contributed by atoms with van der Waals surface area (Å²) in [7, 11) is 1.69. The number of hydrogen-bond acceptors (Lipinski definition) is 3. The molecule has 0 unspecified atom stereocenters. The van der Waals surface area contributed by atoms with E-state index in [0.29, 0.717) is 19.4 Å². The largest absolute Gasteiger partial charge is 0.444 e. The third kappa shape index (κ3) is 2.22. The Morgan fingerprint density at radius 1 is 1.75 bits per heavy atom. The molecule has 1 saturated heterocycles. The van der Waals surface area contributed by atoms with E-state index in [0.717, 1.165) is 0 Å². The Bertz CT molecular complexity index is 202. The quantitative estimate of drug-likeness (QED) is 0.631. The highest BCUT2D eigenvalue weighted by Crippen LogP contribution is 2.13. The first kappa shape index (κ1) is 9.03. The first-order valence-corrected chi connectivity index (χ1v) is 4.01. The average molecular weight is 171 g/mol. The summed E-state index contributed by atoms with van der Waals surface area (Å²) in [6, 6.07) is 0. The molecular weight excluding hydrogens is 158 g/mol. The van der Waals surface area contributed by atoms with Gasteiger partial charge in [-0.15, -0.1) is 0 Å². The minimum Gasteiger partial charge on any atom is -0.444 e. The fourth-order valence-electron chi connectivity index (χ4n) is 1.16. The molecule has 0 bridgehead atoms. The van der Waals surface area contributed by atoms with Crippen LogP contribution < -0.4 is 0 Å². The van der Waals surface area contributed by atoms with Crippen LogP contribution >= 0.6 is 0 Å². The Balaban J connectivity index is 2.28. The van der Waals surface area contributed by atoms with E-state index in [-0.39, 0.29) is 18.0 Å². The van der Waals surface area contributed by atoms with Gasteiger partial charge in [-0.3, -0.25) is 0 Å². The van der Waals surface area contributed by atoms with Gasteiger partial charge in [-0.05, 0) is 13.3 Å². The van der Waals surface area contributed by atoms with Crippen molar-refractivity contribution in [2.24, 2.45) is 0 Å². The van der Waals surface area contributed by atoms with Crippen molar-refractivity contribution >= 4 is 11.9 Å². The van der Waals surface area contributed by atoms with Crippen LogP contribution in [0, 0.1) is 0 Å². The van der Waals surface area contributed by atoms with Crippen LogP contribution in [0.2, 0.25) is 0 Å². The molecule has 0 aromatic rings. The highest BCUT2D eigenvalue weighted by molar-refractivity contribution is 5.75. The van der Waals surface area contributed by atoms with Gasteiger partial charge in [-0.2, -0.15) is 0 Å². The summed E-state index contributed by atoms with van der Waals surface area (Å²) in [5.41, 5.74) is 0. The molecular formula is C8H13NO3. The number of hydrogen-bond donors (Lipinski definition) is 0. The Kier molecular flexibility index (Phi) is 2.68. The van der Waals surface area contributed by atoms with Gasteiger partial charge in [0, 0.05) is 13.5 Å². The van der Waals surface area contributed by atoms with Crippen LogP contribution in [0.4, 0.5) is 4.79 Å². The summed E-state index contributed by atoms with van der Waals surface area (Å²) in [5, 5.41) is 0. The van der Waals surface area contributed by atoms with Gasteiger partial charge in [-0.25, -0.2) is 4.79 Å². The molecule has 0 aliphatic carbocycles. The lowest BCUT2D eigenvalue weighted by Gasteiger charge is -2.04. The summed E-state index contributed by atoms with van der Waals surface area (Å²) in [6.45, 7) is 2.15. The molecule has 0 spiro atoms. The van der Waals surface area contributed by atoms with Gasteiger partial charge in [0.25, 0.3) is 0 Å². The van der Waals surface area contributed by atoms with E-state index in [9.17, 15) is 9.59 Å². The molecule has 0 aromatic carbocycles. The predicted molar refractivity (Wildman–Crippen MR) is 42.8 cm³/mol. The topological polar surface area (TPSA) is 46.6 Å². The number of carbonyl (C=O) groups excluding carboxylic acids is 2. The molecule has 1 aliphatic heterocycles. The molecule has 1 heterocycles. The summed E-state index contributed by atoms with van der Waals surface area (Å²) >= 11 is 0. The van der Waals surface area contributed by atoms with Gasteiger partial charge in [0.1, 0.15) is 11.9 Å². The smallest absolute Gasteiger partial charge is 0.409 e. The van der Waals surface area contributed by atoms with E-state index >= 15 is 0 Å². The molecule has 1 amide bonds. The Morgan fingerprint density at radius 2 is 2.42 bits per heavy atom. The normalized spacial score (nSPS) is 22.7. The molecule has 1 fully saturated rings. The zero-order valence-electron chi connectivity index (χ0n) is 7.37. The standard InChI is InChI=1S/C8H13NO3/c1-6(10)3-4-7-5-9(2)8(11)12-7/h7H,3-5H2,1-2H3/t7-/m0/s1. The Hall–Kier alpha value is -1.06. The highest BCUT2D eigenvalue weighted by atomic mass is 16.6. The molecule has 4 heteroatoms. The molecule has 1 rings (SSSR count). The van der Waals surface area contributed by atoms with Gasteiger partial charge >= 0.3 is 6.09 Å². The molecule has 0 N–H and O–H groups in total. The number of ether oxygens (including phenoxy) is 1. The number of likely N-dealkylation sites (N-methyl/N-ethyl adjacent to an activating group) is 1. The number of nitrogens with zero attached hydrogens (tertiary/aromatic N) is 1. The number of ketones is 1. The van der Waals surface area contributed by atoms with E-state index in [1.807, 2.05) is 0 Å². The number of amides is 1. The lowest BCUT2D eigenvalue weighted by Crippen LogP contribution is -2.19. The maximum atomic E-state index is 10.8. The van der Waals surface area contributed by atoms with E-state index < -0.39 is 0 Å². The Morgan fingerprint density at radius 3 is 2.83 bits per heavy atom. The van der Waals surface area contributed by atoms with E-state index in [2.05, 4.69) is 0 Å². The van der Waals surface area contributed by atoms with E-state index in [4.69, 9.17) is 4.74 Å². The van der Waals surface area contributed by atoms with Crippen molar-refractivity contribution in [2.75, 3.05) is 13.6 Å². The minimum atomic E-state index is -0.288. The van der Waals surface area contributed by atoms with Crippen LogP contribution in [0.3, 0.4) is 0 Å². The van der Waals surface area contributed by atoms with Crippen LogP contribution in [-0.2, 0) is 9.53 Å². The molecule has 12 heavy (non-hydrogen) atoms. The fraction of sp³-hybridized carbons (Fsp3) is 0.750. The first-order valence-electron chi connectivity index (χ1n) is 4.01. The van der Waals surface area contributed by atoms with Crippen molar-refractivity contribution in [3.05, 3.63) is 0 Å². The third-order valence-corrected chi connectivity index (χ3v) is 1.88. The number of Topliss-reactive ketones (excluding diaryl/α,β-unsaturated/α-hetero) is 1. The van der Waals surface area contributed by atoms with Gasteiger partial charge in [-0.1, -0.05) is 0 Å². The van der Waals surface area contributed by atoms with Crippen molar-refractivity contribution in [2.45, 2.75) is 25.9 Å². The molecule has 4 nitrogen and oxygen atoms in total. The van der Waals surface area contributed by atoms with Crippen molar-refractivity contribution in [3.63, 3.8) is 0 Å². The third-order valence-electron chi connectivity index (χ3n) is 1.88. The maximum Gasteiger partial charge on any atom is 0.409 e. The number of rotatable bonds is 3.